The molecule has 0 spiro atoms. The highest BCUT2D eigenvalue weighted by atomic mass is 16.2. The minimum absolute atomic E-state index is 0.000969. The predicted molar refractivity (Wildman–Crippen MR) is 72.0 cm³/mol. The number of amides is 2. The largest absolute Gasteiger partial charge is 0.344 e. The maximum absolute atomic E-state index is 12.4. The number of hydrogen-bond acceptors (Lipinski definition) is 2. The summed E-state index contributed by atoms with van der Waals surface area (Å²) in [5.41, 5.74) is 0. The van der Waals surface area contributed by atoms with Crippen LogP contribution in [-0.4, -0.2) is 35.8 Å². The molecule has 0 radical (unpaired) electrons. The molecule has 4 nitrogen and oxygen atoms in total. The summed E-state index contributed by atoms with van der Waals surface area (Å²) in [6.07, 6.45) is 2.15. The van der Waals surface area contributed by atoms with E-state index >= 15 is 0 Å². The lowest BCUT2D eigenvalue weighted by Gasteiger charge is -2.25. The molecule has 0 aromatic carbocycles. The van der Waals surface area contributed by atoms with E-state index < -0.39 is 0 Å². The van der Waals surface area contributed by atoms with Crippen LogP contribution in [-0.2, 0) is 9.59 Å². The van der Waals surface area contributed by atoms with Crippen molar-refractivity contribution in [2.75, 3.05) is 13.1 Å². The molecule has 104 valence electrons. The highest BCUT2D eigenvalue weighted by Gasteiger charge is 2.29. The van der Waals surface area contributed by atoms with E-state index in [0.29, 0.717) is 24.8 Å². The van der Waals surface area contributed by atoms with E-state index in [1.54, 1.807) is 0 Å². The van der Waals surface area contributed by atoms with Crippen molar-refractivity contribution in [2.45, 2.75) is 53.0 Å². The average molecular weight is 254 g/mol. The summed E-state index contributed by atoms with van der Waals surface area (Å²) >= 11 is 0. The van der Waals surface area contributed by atoms with E-state index in [4.69, 9.17) is 0 Å². The number of carbonyl (C=O) groups excluding carboxylic acids is 2. The van der Waals surface area contributed by atoms with Crippen LogP contribution < -0.4 is 5.32 Å². The molecule has 0 aromatic heterocycles. The van der Waals surface area contributed by atoms with Crippen molar-refractivity contribution < 1.29 is 9.59 Å². The van der Waals surface area contributed by atoms with Crippen LogP contribution in [0.25, 0.3) is 0 Å². The van der Waals surface area contributed by atoms with Crippen molar-refractivity contribution in [3.63, 3.8) is 0 Å². The monoisotopic (exact) mass is 254 g/mol. The molecule has 1 aliphatic heterocycles. The van der Waals surface area contributed by atoms with Gasteiger partial charge in [-0.25, -0.2) is 0 Å². The van der Waals surface area contributed by atoms with Gasteiger partial charge in [-0.3, -0.25) is 9.59 Å². The molecule has 0 saturated carbocycles. The van der Waals surface area contributed by atoms with Crippen LogP contribution in [0.15, 0.2) is 0 Å². The Hall–Kier alpha value is -1.06. The fourth-order valence-corrected chi connectivity index (χ4v) is 2.16. The minimum Gasteiger partial charge on any atom is -0.344 e. The molecule has 0 aliphatic carbocycles. The highest BCUT2D eigenvalue weighted by Crippen LogP contribution is 2.13. The first kappa shape index (κ1) is 15.0. The van der Waals surface area contributed by atoms with Crippen LogP contribution in [0.5, 0.6) is 0 Å². The number of carbonyl (C=O) groups is 2. The summed E-state index contributed by atoms with van der Waals surface area (Å²) in [7, 11) is 0. The molecule has 18 heavy (non-hydrogen) atoms. The molecule has 1 saturated heterocycles. The van der Waals surface area contributed by atoms with E-state index in [9.17, 15) is 9.59 Å². The van der Waals surface area contributed by atoms with Gasteiger partial charge in [0.25, 0.3) is 0 Å². The number of rotatable bonds is 5. The smallest absolute Gasteiger partial charge is 0.245 e. The first-order chi connectivity index (χ1) is 8.40. The summed E-state index contributed by atoms with van der Waals surface area (Å²) in [4.78, 5) is 25.8. The second-order valence-corrected chi connectivity index (χ2v) is 6.01. The second-order valence-electron chi connectivity index (χ2n) is 6.01. The molecule has 0 bridgehead atoms. The quantitative estimate of drug-likeness (QED) is 0.813. The molecular weight excluding hydrogens is 228 g/mol. The molecule has 1 aliphatic rings. The van der Waals surface area contributed by atoms with Gasteiger partial charge < -0.3 is 10.2 Å². The van der Waals surface area contributed by atoms with E-state index in [1.807, 2.05) is 4.90 Å². The van der Waals surface area contributed by atoms with Gasteiger partial charge in [-0.2, -0.15) is 0 Å². The Bertz CT molecular complexity index is 300. The third-order valence-electron chi connectivity index (χ3n) is 3.24. The summed E-state index contributed by atoms with van der Waals surface area (Å²) in [5, 5.41) is 2.85. The Morgan fingerprint density at radius 2 is 1.89 bits per heavy atom. The zero-order chi connectivity index (χ0) is 13.7. The van der Waals surface area contributed by atoms with E-state index in [1.165, 1.54) is 0 Å². The zero-order valence-corrected chi connectivity index (χ0v) is 12.0. The third kappa shape index (κ3) is 4.67. The second kappa shape index (κ2) is 6.76. The number of nitrogens with one attached hydrogen (secondary N) is 1. The van der Waals surface area contributed by atoms with Gasteiger partial charge in [0.15, 0.2) is 0 Å². The van der Waals surface area contributed by atoms with Crippen molar-refractivity contribution in [3.05, 3.63) is 0 Å². The van der Waals surface area contributed by atoms with Crippen LogP contribution in [0.1, 0.15) is 47.0 Å². The standard InChI is InChI=1S/C14H26N2O2/c1-10(2)5-7-16-8-6-13(17)15-12(14(16)18)9-11(3)4/h10-12H,5-9H2,1-4H3,(H,15,17). The first-order valence-electron chi connectivity index (χ1n) is 6.98. The lowest BCUT2D eigenvalue weighted by molar-refractivity contribution is -0.134. The Morgan fingerprint density at radius 3 is 2.44 bits per heavy atom. The van der Waals surface area contributed by atoms with E-state index in [2.05, 4.69) is 33.0 Å². The molecule has 1 fully saturated rings. The molecule has 1 heterocycles. The maximum Gasteiger partial charge on any atom is 0.245 e. The minimum atomic E-state index is -0.327. The van der Waals surface area contributed by atoms with Gasteiger partial charge in [0.2, 0.25) is 11.8 Å². The van der Waals surface area contributed by atoms with Gasteiger partial charge in [-0.05, 0) is 24.7 Å². The highest BCUT2D eigenvalue weighted by molar-refractivity contribution is 5.89. The SMILES string of the molecule is CC(C)CCN1CCC(=O)NC(CC(C)C)C1=O. The lowest BCUT2D eigenvalue weighted by atomic mass is 10.0. The summed E-state index contributed by atoms with van der Waals surface area (Å²) in [5.74, 6) is 1.08. The molecule has 1 N–H and O–H groups in total. The average Bonchev–Trinajstić information content (AvgIpc) is 2.37. The number of nitrogens with zero attached hydrogens (tertiary/aromatic N) is 1. The normalized spacial score (nSPS) is 21.4. The number of hydrogen-bond donors (Lipinski definition) is 1. The lowest BCUT2D eigenvalue weighted by Crippen LogP contribution is -2.45. The topological polar surface area (TPSA) is 49.4 Å². The van der Waals surface area contributed by atoms with Gasteiger partial charge >= 0.3 is 0 Å². The van der Waals surface area contributed by atoms with Crippen molar-refractivity contribution in [3.8, 4) is 0 Å². The Morgan fingerprint density at radius 1 is 1.22 bits per heavy atom. The van der Waals surface area contributed by atoms with Gasteiger partial charge in [0, 0.05) is 19.5 Å². The van der Waals surface area contributed by atoms with Crippen LogP contribution in [0, 0.1) is 11.8 Å². The first-order valence-corrected chi connectivity index (χ1v) is 6.98. The van der Waals surface area contributed by atoms with Crippen molar-refractivity contribution >= 4 is 11.8 Å². The van der Waals surface area contributed by atoms with Gasteiger partial charge in [-0.1, -0.05) is 27.7 Å². The van der Waals surface area contributed by atoms with Crippen LogP contribution in [0.4, 0.5) is 0 Å². The van der Waals surface area contributed by atoms with Gasteiger partial charge in [0.05, 0.1) is 0 Å². The summed E-state index contributed by atoms with van der Waals surface area (Å²) < 4.78 is 0. The van der Waals surface area contributed by atoms with Crippen molar-refractivity contribution in [1.82, 2.24) is 10.2 Å². The predicted octanol–water partition coefficient (Wildman–Crippen LogP) is 1.80. The fraction of sp³-hybridized carbons (Fsp3) is 0.857. The van der Waals surface area contributed by atoms with Crippen LogP contribution >= 0.6 is 0 Å². The molecule has 0 aromatic rings. The summed E-state index contributed by atoms with van der Waals surface area (Å²) in [6, 6.07) is -0.327. The molecule has 4 heteroatoms. The van der Waals surface area contributed by atoms with Crippen LogP contribution in [0.2, 0.25) is 0 Å². The molecule has 1 rings (SSSR count). The Kier molecular flexibility index (Phi) is 5.63. The van der Waals surface area contributed by atoms with Gasteiger partial charge in [-0.15, -0.1) is 0 Å². The van der Waals surface area contributed by atoms with E-state index in [-0.39, 0.29) is 17.9 Å². The van der Waals surface area contributed by atoms with Crippen LogP contribution in [0.3, 0.4) is 0 Å². The molecule has 1 unspecified atom stereocenters. The summed E-state index contributed by atoms with van der Waals surface area (Å²) in [6.45, 7) is 9.77. The molecule has 1 atom stereocenters. The third-order valence-corrected chi connectivity index (χ3v) is 3.24. The zero-order valence-electron chi connectivity index (χ0n) is 12.0. The fourth-order valence-electron chi connectivity index (χ4n) is 2.16. The molecular formula is C14H26N2O2. The maximum atomic E-state index is 12.4. The van der Waals surface area contributed by atoms with Crippen molar-refractivity contribution in [2.24, 2.45) is 11.8 Å². The Labute approximate surface area is 110 Å². The molecule has 2 amide bonds. The van der Waals surface area contributed by atoms with E-state index in [0.717, 1.165) is 19.4 Å². The van der Waals surface area contributed by atoms with Gasteiger partial charge in [0.1, 0.15) is 6.04 Å². The van der Waals surface area contributed by atoms with Crippen molar-refractivity contribution in [1.29, 1.82) is 0 Å². The Balaban J connectivity index is 2.66.